The number of hydrogen-bond acceptors (Lipinski definition) is 3. The van der Waals surface area contributed by atoms with Crippen molar-refractivity contribution >= 4 is 24.2 Å². The Morgan fingerprint density at radius 3 is 2.69 bits per heavy atom. The SMILES string of the molecule is C=Cc1c(F)c(NC(=C)C)cc(O)c1N=C. The van der Waals surface area contributed by atoms with Gasteiger partial charge in [-0.05, 0) is 13.6 Å². The summed E-state index contributed by atoms with van der Waals surface area (Å²) in [7, 11) is 0. The van der Waals surface area contributed by atoms with Crippen LogP contribution in [0, 0.1) is 5.82 Å². The van der Waals surface area contributed by atoms with Crippen molar-refractivity contribution < 1.29 is 9.50 Å². The van der Waals surface area contributed by atoms with Gasteiger partial charge in [-0.3, -0.25) is 4.99 Å². The number of phenolic OH excluding ortho intramolecular Hbond substituents is 1. The van der Waals surface area contributed by atoms with Gasteiger partial charge in [0.05, 0.1) is 5.69 Å². The fourth-order valence-electron chi connectivity index (χ4n) is 1.33. The van der Waals surface area contributed by atoms with Crippen LogP contribution in [0.25, 0.3) is 6.08 Å². The summed E-state index contributed by atoms with van der Waals surface area (Å²) in [5.41, 5.74) is 0.887. The summed E-state index contributed by atoms with van der Waals surface area (Å²) in [6.45, 7) is 12.0. The lowest BCUT2D eigenvalue weighted by Gasteiger charge is -2.12. The summed E-state index contributed by atoms with van der Waals surface area (Å²) >= 11 is 0. The third kappa shape index (κ3) is 2.11. The van der Waals surface area contributed by atoms with Crippen LogP contribution in [0.1, 0.15) is 12.5 Å². The molecule has 0 atom stereocenters. The van der Waals surface area contributed by atoms with Crippen molar-refractivity contribution in [2.24, 2.45) is 4.99 Å². The van der Waals surface area contributed by atoms with Crippen molar-refractivity contribution in [3.63, 3.8) is 0 Å². The quantitative estimate of drug-likeness (QED) is 0.763. The Bertz CT molecular complexity index is 467. The molecule has 4 heteroatoms. The van der Waals surface area contributed by atoms with Gasteiger partial charge < -0.3 is 10.4 Å². The summed E-state index contributed by atoms with van der Waals surface area (Å²) in [6.07, 6.45) is 1.28. The summed E-state index contributed by atoms with van der Waals surface area (Å²) in [6, 6.07) is 1.24. The van der Waals surface area contributed by atoms with Crippen LogP contribution in [0.5, 0.6) is 5.75 Å². The molecule has 1 aromatic rings. The average Bonchev–Trinajstić information content (AvgIpc) is 2.21. The standard InChI is InChI=1S/C12H13FN2O/c1-5-8-11(13)9(15-7(2)3)6-10(16)12(8)14-4/h5-6,15-16H,1-2,4H2,3H3. The van der Waals surface area contributed by atoms with E-state index in [-0.39, 0.29) is 22.7 Å². The van der Waals surface area contributed by atoms with E-state index < -0.39 is 5.82 Å². The summed E-state index contributed by atoms with van der Waals surface area (Å²) in [5.74, 6) is -0.701. The monoisotopic (exact) mass is 220 g/mol. The first-order chi connectivity index (χ1) is 7.51. The maximum atomic E-state index is 13.9. The van der Waals surface area contributed by atoms with Crippen LogP contribution in [0.3, 0.4) is 0 Å². The number of halogens is 1. The lowest BCUT2D eigenvalue weighted by molar-refractivity contribution is 0.475. The number of aliphatic imine (C=N–C) groups is 1. The van der Waals surface area contributed by atoms with Crippen LogP contribution in [0.15, 0.2) is 29.9 Å². The van der Waals surface area contributed by atoms with Crippen molar-refractivity contribution in [3.05, 3.63) is 36.3 Å². The number of benzene rings is 1. The molecule has 0 aliphatic carbocycles. The van der Waals surface area contributed by atoms with Gasteiger partial charge in [-0.15, -0.1) is 0 Å². The second-order valence-corrected chi connectivity index (χ2v) is 3.29. The molecule has 0 aliphatic heterocycles. The zero-order valence-electron chi connectivity index (χ0n) is 9.05. The number of nitrogens with one attached hydrogen (secondary N) is 1. The molecule has 1 aromatic carbocycles. The van der Waals surface area contributed by atoms with Crippen LogP contribution in [-0.4, -0.2) is 11.8 Å². The highest BCUT2D eigenvalue weighted by molar-refractivity contribution is 5.76. The normalized spacial score (nSPS) is 9.62. The van der Waals surface area contributed by atoms with E-state index in [1.54, 1.807) is 6.92 Å². The van der Waals surface area contributed by atoms with E-state index in [2.05, 4.69) is 30.2 Å². The Hall–Kier alpha value is -2.10. The largest absolute Gasteiger partial charge is 0.506 e. The van der Waals surface area contributed by atoms with Crippen LogP contribution >= 0.6 is 0 Å². The molecular weight excluding hydrogens is 207 g/mol. The van der Waals surface area contributed by atoms with E-state index >= 15 is 0 Å². The van der Waals surface area contributed by atoms with Gasteiger partial charge in [0.15, 0.2) is 5.82 Å². The van der Waals surface area contributed by atoms with Crippen molar-refractivity contribution in [1.82, 2.24) is 0 Å². The molecular formula is C12H13FN2O. The molecule has 0 aromatic heterocycles. The summed E-state index contributed by atoms with van der Waals surface area (Å²) in [4.78, 5) is 3.56. The molecule has 0 bridgehead atoms. The fourth-order valence-corrected chi connectivity index (χ4v) is 1.33. The van der Waals surface area contributed by atoms with Crippen molar-refractivity contribution in [2.75, 3.05) is 5.32 Å². The Labute approximate surface area is 93.6 Å². The molecule has 16 heavy (non-hydrogen) atoms. The molecule has 1 rings (SSSR count). The van der Waals surface area contributed by atoms with E-state index in [4.69, 9.17) is 0 Å². The predicted octanol–water partition coefficient (Wildman–Crippen LogP) is 3.45. The summed E-state index contributed by atoms with van der Waals surface area (Å²) < 4.78 is 13.9. The van der Waals surface area contributed by atoms with Gasteiger partial charge in [0.2, 0.25) is 0 Å². The van der Waals surface area contributed by atoms with E-state index in [0.717, 1.165) is 0 Å². The Morgan fingerprint density at radius 1 is 1.62 bits per heavy atom. The second-order valence-electron chi connectivity index (χ2n) is 3.29. The maximum absolute atomic E-state index is 13.9. The molecule has 0 spiro atoms. The topological polar surface area (TPSA) is 44.6 Å². The molecule has 0 unspecified atom stereocenters. The van der Waals surface area contributed by atoms with Gasteiger partial charge in [-0.1, -0.05) is 19.2 Å². The number of hydrogen-bond donors (Lipinski definition) is 2. The number of anilines is 1. The first-order valence-electron chi connectivity index (χ1n) is 4.58. The minimum absolute atomic E-state index is 0.0831. The van der Waals surface area contributed by atoms with E-state index in [9.17, 15) is 9.50 Å². The highest BCUT2D eigenvalue weighted by Gasteiger charge is 2.15. The molecule has 3 nitrogen and oxygen atoms in total. The highest BCUT2D eigenvalue weighted by Crippen LogP contribution is 2.37. The van der Waals surface area contributed by atoms with Gasteiger partial charge in [-0.2, -0.15) is 0 Å². The predicted molar refractivity (Wildman–Crippen MR) is 65.8 cm³/mol. The maximum Gasteiger partial charge on any atom is 0.156 e. The first-order valence-corrected chi connectivity index (χ1v) is 4.58. The van der Waals surface area contributed by atoms with Gasteiger partial charge in [0.1, 0.15) is 11.4 Å². The highest BCUT2D eigenvalue weighted by atomic mass is 19.1. The number of phenols is 1. The second kappa shape index (κ2) is 4.61. The fraction of sp³-hybridized carbons (Fsp3) is 0.0833. The van der Waals surface area contributed by atoms with Gasteiger partial charge in [-0.25, -0.2) is 4.39 Å². The molecule has 0 saturated carbocycles. The molecule has 0 amide bonds. The molecule has 2 N–H and O–H groups in total. The van der Waals surface area contributed by atoms with Gasteiger partial charge in [0.25, 0.3) is 0 Å². The Balaban J connectivity index is 3.45. The van der Waals surface area contributed by atoms with Crippen LogP contribution in [0.2, 0.25) is 0 Å². The molecule has 0 fully saturated rings. The molecule has 84 valence electrons. The third-order valence-electron chi connectivity index (χ3n) is 1.96. The van der Waals surface area contributed by atoms with Crippen molar-refractivity contribution in [2.45, 2.75) is 6.92 Å². The van der Waals surface area contributed by atoms with Gasteiger partial charge >= 0.3 is 0 Å². The number of allylic oxidation sites excluding steroid dienone is 1. The van der Waals surface area contributed by atoms with Crippen LogP contribution in [0.4, 0.5) is 15.8 Å². The first kappa shape index (κ1) is 12.0. The molecule has 0 radical (unpaired) electrons. The third-order valence-corrected chi connectivity index (χ3v) is 1.96. The van der Waals surface area contributed by atoms with Crippen molar-refractivity contribution in [1.29, 1.82) is 0 Å². The minimum Gasteiger partial charge on any atom is -0.506 e. The van der Waals surface area contributed by atoms with E-state index in [0.29, 0.717) is 5.70 Å². The Morgan fingerprint density at radius 2 is 2.25 bits per heavy atom. The average molecular weight is 220 g/mol. The zero-order chi connectivity index (χ0) is 12.3. The Kier molecular flexibility index (Phi) is 3.45. The molecule has 0 saturated heterocycles. The molecule has 0 aliphatic rings. The van der Waals surface area contributed by atoms with Gasteiger partial charge in [0, 0.05) is 17.3 Å². The van der Waals surface area contributed by atoms with E-state index in [1.807, 2.05) is 0 Å². The van der Waals surface area contributed by atoms with Crippen LogP contribution in [-0.2, 0) is 0 Å². The number of rotatable bonds is 4. The van der Waals surface area contributed by atoms with Crippen LogP contribution < -0.4 is 5.32 Å². The smallest absolute Gasteiger partial charge is 0.156 e. The lowest BCUT2D eigenvalue weighted by Crippen LogP contribution is -1.98. The number of aromatic hydroxyl groups is 1. The number of nitrogens with zero attached hydrogens (tertiary/aromatic N) is 1. The minimum atomic E-state index is -0.543. The zero-order valence-corrected chi connectivity index (χ0v) is 9.05. The summed E-state index contributed by atoms with van der Waals surface area (Å²) in [5, 5.41) is 12.3. The van der Waals surface area contributed by atoms with E-state index in [1.165, 1.54) is 12.1 Å². The molecule has 0 heterocycles. The van der Waals surface area contributed by atoms with Crippen molar-refractivity contribution in [3.8, 4) is 5.75 Å². The lowest BCUT2D eigenvalue weighted by atomic mass is 10.1.